The van der Waals surface area contributed by atoms with Gasteiger partial charge in [-0.1, -0.05) is 25.1 Å². The first kappa shape index (κ1) is 13.6. The third kappa shape index (κ3) is 2.25. The van der Waals surface area contributed by atoms with Gasteiger partial charge in [-0.15, -0.1) is 0 Å². The van der Waals surface area contributed by atoms with Gasteiger partial charge >= 0.3 is 0 Å². The maximum atomic E-state index is 12.5. The molecule has 1 aromatic heterocycles. The Morgan fingerprint density at radius 3 is 2.81 bits per heavy atom. The van der Waals surface area contributed by atoms with Crippen LogP contribution in [0.4, 0.5) is 5.69 Å². The number of benzene rings is 1. The van der Waals surface area contributed by atoms with Gasteiger partial charge in [-0.3, -0.25) is 9.78 Å². The van der Waals surface area contributed by atoms with Gasteiger partial charge in [0.05, 0.1) is 17.3 Å². The Hall–Kier alpha value is -2.41. The summed E-state index contributed by atoms with van der Waals surface area (Å²) < 4.78 is 0. The van der Waals surface area contributed by atoms with Gasteiger partial charge in [0.2, 0.25) is 5.91 Å². The average molecular weight is 279 g/mol. The third-order valence-corrected chi connectivity index (χ3v) is 4.15. The Morgan fingerprint density at radius 1 is 1.38 bits per heavy atom. The molecule has 1 aromatic carbocycles. The molecule has 1 saturated carbocycles. The van der Waals surface area contributed by atoms with E-state index in [2.05, 4.69) is 23.3 Å². The molecule has 0 bridgehead atoms. The molecule has 2 aromatic rings. The summed E-state index contributed by atoms with van der Waals surface area (Å²) in [7, 11) is 0. The zero-order chi connectivity index (χ0) is 15.0. The van der Waals surface area contributed by atoms with Crippen molar-refractivity contribution in [3.8, 4) is 6.07 Å². The van der Waals surface area contributed by atoms with E-state index in [9.17, 15) is 10.1 Å². The molecule has 4 heteroatoms. The summed E-state index contributed by atoms with van der Waals surface area (Å²) in [5.41, 5.74) is 1.48. The largest absolute Gasteiger partial charge is 0.323 e. The number of nitriles is 1. The number of anilines is 1. The molecule has 1 heterocycles. The number of aromatic nitrogens is 1. The Bertz CT molecular complexity index is 754. The minimum atomic E-state index is -0.870. The van der Waals surface area contributed by atoms with Crippen LogP contribution >= 0.6 is 0 Å². The lowest BCUT2D eigenvalue weighted by Crippen LogP contribution is -2.45. The van der Waals surface area contributed by atoms with Gasteiger partial charge < -0.3 is 5.32 Å². The average Bonchev–Trinajstić information content (AvgIpc) is 2.44. The minimum Gasteiger partial charge on any atom is -0.323 e. The summed E-state index contributed by atoms with van der Waals surface area (Å²) in [6.45, 7) is 3.98. The van der Waals surface area contributed by atoms with E-state index in [1.54, 1.807) is 0 Å². The summed E-state index contributed by atoms with van der Waals surface area (Å²) in [5.74, 6) is 0.224. The van der Waals surface area contributed by atoms with Crippen molar-refractivity contribution in [1.82, 2.24) is 4.98 Å². The highest BCUT2D eigenvalue weighted by Gasteiger charge is 2.49. The summed E-state index contributed by atoms with van der Waals surface area (Å²) in [5, 5.41) is 13.2. The monoisotopic (exact) mass is 279 g/mol. The van der Waals surface area contributed by atoms with Crippen molar-refractivity contribution in [3.63, 3.8) is 0 Å². The van der Waals surface area contributed by atoms with Crippen molar-refractivity contribution in [1.29, 1.82) is 5.26 Å². The van der Waals surface area contributed by atoms with Gasteiger partial charge in [-0.2, -0.15) is 5.26 Å². The number of rotatable bonds is 2. The smallest absolute Gasteiger partial charge is 0.244 e. The lowest BCUT2D eigenvalue weighted by atomic mass is 9.63. The number of fused-ring (bicyclic) bond motifs is 1. The Labute approximate surface area is 123 Å². The number of nitrogens with one attached hydrogen (secondary N) is 1. The fourth-order valence-electron chi connectivity index (χ4n) is 3.04. The molecule has 4 nitrogen and oxygen atoms in total. The van der Waals surface area contributed by atoms with E-state index < -0.39 is 5.41 Å². The first-order valence-corrected chi connectivity index (χ1v) is 7.13. The first-order chi connectivity index (χ1) is 10.0. The zero-order valence-corrected chi connectivity index (χ0v) is 12.2. The van der Waals surface area contributed by atoms with Crippen LogP contribution in [-0.4, -0.2) is 10.9 Å². The fraction of sp³-hybridized carbons (Fsp3) is 0.353. The van der Waals surface area contributed by atoms with Crippen LogP contribution in [-0.2, 0) is 4.79 Å². The molecule has 0 unspecified atom stereocenters. The summed E-state index contributed by atoms with van der Waals surface area (Å²) >= 11 is 0. The van der Waals surface area contributed by atoms with Gasteiger partial charge in [0.25, 0.3) is 0 Å². The number of hydrogen-bond donors (Lipinski definition) is 1. The number of nitrogens with zero attached hydrogens (tertiary/aromatic N) is 2. The van der Waals surface area contributed by atoms with Crippen molar-refractivity contribution >= 4 is 22.5 Å². The fourth-order valence-corrected chi connectivity index (χ4v) is 3.04. The Balaban J connectivity index is 1.94. The summed E-state index contributed by atoms with van der Waals surface area (Å²) in [6.07, 6.45) is 1.26. The number of amides is 1. The maximum Gasteiger partial charge on any atom is 0.244 e. The zero-order valence-electron chi connectivity index (χ0n) is 12.2. The summed E-state index contributed by atoms with van der Waals surface area (Å²) in [6, 6.07) is 11.8. The van der Waals surface area contributed by atoms with Crippen LogP contribution in [0.3, 0.4) is 0 Å². The normalized spacial score (nSPS) is 24.1. The van der Waals surface area contributed by atoms with Gasteiger partial charge in [-0.05, 0) is 37.8 Å². The van der Waals surface area contributed by atoms with Crippen molar-refractivity contribution in [2.24, 2.45) is 11.3 Å². The second-order valence-electron chi connectivity index (χ2n) is 5.99. The maximum absolute atomic E-state index is 12.5. The van der Waals surface area contributed by atoms with Crippen molar-refractivity contribution < 1.29 is 4.79 Å². The van der Waals surface area contributed by atoms with Crippen LogP contribution < -0.4 is 5.32 Å². The number of hydrogen-bond acceptors (Lipinski definition) is 3. The van der Waals surface area contributed by atoms with Crippen LogP contribution in [0.5, 0.6) is 0 Å². The molecule has 1 fully saturated rings. The van der Waals surface area contributed by atoms with Crippen molar-refractivity contribution in [3.05, 3.63) is 36.0 Å². The molecule has 1 N–H and O–H groups in total. The van der Waals surface area contributed by atoms with E-state index >= 15 is 0 Å². The second-order valence-corrected chi connectivity index (χ2v) is 5.99. The second kappa shape index (κ2) is 4.85. The highest BCUT2D eigenvalue weighted by Crippen LogP contribution is 2.45. The van der Waals surface area contributed by atoms with Crippen molar-refractivity contribution in [2.45, 2.75) is 26.7 Å². The van der Waals surface area contributed by atoms with Gasteiger partial charge in [0.15, 0.2) is 0 Å². The molecule has 21 heavy (non-hydrogen) atoms. The van der Waals surface area contributed by atoms with Crippen LogP contribution in [0.15, 0.2) is 30.3 Å². The highest BCUT2D eigenvalue weighted by molar-refractivity contribution is 6.04. The molecular weight excluding hydrogens is 262 g/mol. The number of carbonyl (C=O) groups excluding carboxylic acids is 1. The molecule has 1 amide bonds. The number of aryl methyl sites for hydroxylation is 1. The van der Waals surface area contributed by atoms with E-state index in [0.29, 0.717) is 24.4 Å². The molecule has 0 spiro atoms. The predicted octanol–water partition coefficient (Wildman–Crippen LogP) is 3.42. The van der Waals surface area contributed by atoms with E-state index in [1.165, 1.54) is 0 Å². The third-order valence-electron chi connectivity index (χ3n) is 4.15. The molecular formula is C17H17N3O. The minimum absolute atomic E-state index is 0.209. The van der Waals surface area contributed by atoms with E-state index in [4.69, 9.17) is 0 Å². The van der Waals surface area contributed by atoms with Crippen LogP contribution in [0, 0.1) is 29.6 Å². The van der Waals surface area contributed by atoms with Gasteiger partial charge in [-0.25, -0.2) is 0 Å². The Morgan fingerprint density at radius 2 is 2.14 bits per heavy atom. The molecule has 1 aliphatic carbocycles. The van der Waals surface area contributed by atoms with Gasteiger partial charge in [0, 0.05) is 11.1 Å². The lowest BCUT2D eigenvalue weighted by molar-refractivity contribution is -0.128. The van der Waals surface area contributed by atoms with Gasteiger partial charge in [0.1, 0.15) is 5.41 Å². The highest BCUT2D eigenvalue weighted by atomic mass is 16.2. The topological polar surface area (TPSA) is 65.8 Å². The predicted molar refractivity (Wildman–Crippen MR) is 81.6 cm³/mol. The standard InChI is InChI=1S/C17H17N3O/c1-11-8-17(9-11,10-18)16(21)20-14-5-3-4-13-7-6-12(2)19-15(13)14/h3-7,11H,8-9H2,1-2H3,(H,20,21). The van der Waals surface area contributed by atoms with Crippen LogP contribution in [0.25, 0.3) is 10.9 Å². The molecule has 0 saturated heterocycles. The van der Waals surface area contributed by atoms with E-state index in [1.807, 2.05) is 37.3 Å². The van der Waals surface area contributed by atoms with Crippen molar-refractivity contribution in [2.75, 3.05) is 5.32 Å². The molecule has 0 radical (unpaired) electrons. The number of para-hydroxylation sites is 1. The molecule has 1 aliphatic rings. The Kier molecular flexibility index (Phi) is 3.13. The van der Waals surface area contributed by atoms with Crippen LogP contribution in [0.2, 0.25) is 0 Å². The first-order valence-electron chi connectivity index (χ1n) is 7.13. The lowest BCUT2D eigenvalue weighted by Gasteiger charge is -2.39. The SMILES string of the molecule is Cc1ccc2cccc(NC(=O)C3(C#N)CC(C)C3)c2n1. The summed E-state index contributed by atoms with van der Waals surface area (Å²) in [4.78, 5) is 17.0. The number of carbonyl (C=O) groups is 1. The molecule has 0 aliphatic heterocycles. The van der Waals surface area contributed by atoms with E-state index in [-0.39, 0.29) is 5.91 Å². The molecule has 0 atom stereocenters. The van der Waals surface area contributed by atoms with E-state index in [0.717, 1.165) is 16.6 Å². The number of pyridine rings is 1. The van der Waals surface area contributed by atoms with Crippen LogP contribution in [0.1, 0.15) is 25.5 Å². The molecule has 3 rings (SSSR count). The quantitative estimate of drug-likeness (QED) is 0.916. The molecule has 106 valence electrons.